The van der Waals surface area contributed by atoms with Crippen LogP contribution in [-0.4, -0.2) is 28.0 Å². The number of benzene rings is 2. The molecule has 2 aromatic carbocycles. The molecule has 2 heterocycles. The SMILES string of the molecule is COC(=O)c1cc(-c2ccccc2)sc1NC(=S)Nc1c(C)nn(Cc2c(Cl)cccc2Cl)c1C. The van der Waals surface area contributed by atoms with Crippen LogP contribution in [-0.2, 0) is 11.3 Å². The van der Waals surface area contributed by atoms with Crippen LogP contribution in [0.3, 0.4) is 0 Å². The summed E-state index contributed by atoms with van der Waals surface area (Å²) < 4.78 is 6.80. The number of thiophene rings is 1. The highest BCUT2D eigenvalue weighted by atomic mass is 35.5. The van der Waals surface area contributed by atoms with Crippen LogP contribution in [0.5, 0.6) is 0 Å². The molecule has 0 saturated carbocycles. The van der Waals surface area contributed by atoms with Gasteiger partial charge in [0.1, 0.15) is 5.00 Å². The van der Waals surface area contributed by atoms with Crippen molar-refractivity contribution in [2.45, 2.75) is 20.4 Å². The maximum atomic E-state index is 12.4. The van der Waals surface area contributed by atoms with Gasteiger partial charge < -0.3 is 15.4 Å². The van der Waals surface area contributed by atoms with E-state index in [1.54, 1.807) is 18.2 Å². The number of esters is 1. The van der Waals surface area contributed by atoms with Crippen LogP contribution >= 0.6 is 46.8 Å². The lowest BCUT2D eigenvalue weighted by molar-refractivity contribution is 0.0602. The molecule has 2 aromatic heterocycles. The van der Waals surface area contributed by atoms with Crippen molar-refractivity contribution < 1.29 is 9.53 Å². The van der Waals surface area contributed by atoms with Crippen molar-refractivity contribution in [1.29, 1.82) is 0 Å². The zero-order valence-corrected chi connectivity index (χ0v) is 22.3. The van der Waals surface area contributed by atoms with Gasteiger partial charge in [-0.2, -0.15) is 5.10 Å². The van der Waals surface area contributed by atoms with Gasteiger partial charge in [-0.1, -0.05) is 59.6 Å². The van der Waals surface area contributed by atoms with E-state index in [-0.39, 0.29) is 0 Å². The zero-order valence-electron chi connectivity index (χ0n) is 19.2. The second-order valence-corrected chi connectivity index (χ2v) is 9.97. The Kier molecular flexibility index (Phi) is 7.76. The summed E-state index contributed by atoms with van der Waals surface area (Å²) in [5, 5.41) is 13.1. The van der Waals surface area contributed by atoms with Gasteiger partial charge >= 0.3 is 5.97 Å². The van der Waals surface area contributed by atoms with Crippen molar-refractivity contribution in [2.75, 3.05) is 17.7 Å². The average Bonchev–Trinajstić information content (AvgIpc) is 3.38. The molecule has 0 spiro atoms. The molecule has 2 N–H and O–H groups in total. The Labute approximate surface area is 222 Å². The first-order valence-electron chi connectivity index (χ1n) is 10.6. The second-order valence-electron chi connectivity index (χ2n) is 7.69. The van der Waals surface area contributed by atoms with Crippen LogP contribution in [0.25, 0.3) is 10.4 Å². The molecule has 180 valence electrons. The number of halogens is 2. The number of hydrogen-bond donors (Lipinski definition) is 2. The maximum Gasteiger partial charge on any atom is 0.340 e. The molecule has 35 heavy (non-hydrogen) atoms. The molecular formula is C25H22Cl2N4O2S2. The predicted octanol–water partition coefficient (Wildman–Crippen LogP) is 7.18. The fourth-order valence-corrected chi connectivity index (χ4v) is 5.44. The smallest absolute Gasteiger partial charge is 0.340 e. The lowest BCUT2D eigenvalue weighted by atomic mass is 10.1. The Morgan fingerprint density at radius 3 is 2.43 bits per heavy atom. The first-order valence-corrected chi connectivity index (χ1v) is 12.6. The van der Waals surface area contributed by atoms with Crippen LogP contribution in [0.1, 0.15) is 27.3 Å². The van der Waals surface area contributed by atoms with Crippen LogP contribution in [0.2, 0.25) is 10.0 Å². The predicted molar refractivity (Wildman–Crippen MR) is 148 cm³/mol. The molecule has 0 aliphatic rings. The van der Waals surface area contributed by atoms with Crippen molar-refractivity contribution in [3.63, 3.8) is 0 Å². The van der Waals surface area contributed by atoms with E-state index in [2.05, 4.69) is 15.7 Å². The molecule has 4 rings (SSSR count). The number of carbonyl (C=O) groups excluding carboxylic acids is 1. The standard InChI is InChI=1S/C25H22Cl2N4O2S2/c1-14-22(15(2)31(30-14)13-18-19(26)10-7-11-20(18)27)28-25(34)29-23-17(24(32)33-3)12-21(35-23)16-8-5-4-6-9-16/h4-12H,13H2,1-3H3,(H2,28,29,34). The Bertz CT molecular complexity index is 1380. The van der Waals surface area contributed by atoms with Gasteiger partial charge in [-0.25, -0.2) is 4.79 Å². The Balaban J connectivity index is 1.56. The highest BCUT2D eigenvalue weighted by Gasteiger charge is 2.20. The van der Waals surface area contributed by atoms with Gasteiger partial charge in [0, 0.05) is 20.5 Å². The molecule has 0 aliphatic carbocycles. The van der Waals surface area contributed by atoms with Crippen molar-refractivity contribution in [3.05, 3.63) is 87.2 Å². The summed E-state index contributed by atoms with van der Waals surface area (Å²) in [7, 11) is 1.36. The van der Waals surface area contributed by atoms with E-state index in [0.717, 1.165) is 33.1 Å². The summed E-state index contributed by atoms with van der Waals surface area (Å²) in [6.45, 7) is 4.25. The van der Waals surface area contributed by atoms with Gasteiger partial charge in [-0.05, 0) is 49.8 Å². The molecule has 0 fully saturated rings. The molecule has 0 saturated heterocycles. The highest BCUT2D eigenvalue weighted by Crippen LogP contribution is 2.36. The maximum absolute atomic E-state index is 12.4. The lowest BCUT2D eigenvalue weighted by Crippen LogP contribution is -2.20. The fraction of sp³-hybridized carbons (Fsp3) is 0.160. The number of hydrogen-bond acceptors (Lipinski definition) is 5. The monoisotopic (exact) mass is 544 g/mol. The van der Waals surface area contributed by atoms with E-state index >= 15 is 0 Å². The molecule has 0 atom stereocenters. The van der Waals surface area contributed by atoms with Crippen LogP contribution in [0.15, 0.2) is 54.6 Å². The number of nitrogens with one attached hydrogen (secondary N) is 2. The molecule has 0 aliphatic heterocycles. The summed E-state index contributed by atoms with van der Waals surface area (Å²) in [5.41, 5.74) is 4.61. The third-order valence-corrected chi connectivity index (χ3v) is 7.42. The molecule has 0 unspecified atom stereocenters. The van der Waals surface area contributed by atoms with Crippen molar-refractivity contribution in [1.82, 2.24) is 9.78 Å². The number of ether oxygens (including phenoxy) is 1. The van der Waals surface area contributed by atoms with Crippen LogP contribution in [0, 0.1) is 13.8 Å². The summed E-state index contributed by atoms with van der Waals surface area (Å²) in [4.78, 5) is 13.3. The number of thiocarbonyl (C=S) groups is 1. The summed E-state index contributed by atoms with van der Waals surface area (Å²) >= 11 is 19.7. The first kappa shape index (κ1) is 25.2. The molecule has 0 radical (unpaired) electrons. The third-order valence-electron chi connectivity index (χ3n) is 5.41. The van der Waals surface area contributed by atoms with Gasteiger partial charge in [-0.3, -0.25) is 4.68 Å². The molecule has 0 amide bonds. The average molecular weight is 546 g/mol. The molecular weight excluding hydrogens is 523 g/mol. The van der Waals surface area contributed by atoms with E-state index in [1.165, 1.54) is 18.4 Å². The molecule has 4 aromatic rings. The van der Waals surface area contributed by atoms with E-state index in [9.17, 15) is 4.79 Å². The van der Waals surface area contributed by atoms with E-state index in [1.807, 2.05) is 54.9 Å². The fourth-order valence-electron chi connectivity index (χ4n) is 3.60. The van der Waals surface area contributed by atoms with Crippen molar-refractivity contribution >= 4 is 68.5 Å². The van der Waals surface area contributed by atoms with E-state index in [0.29, 0.717) is 32.3 Å². The van der Waals surface area contributed by atoms with Crippen LogP contribution in [0.4, 0.5) is 10.7 Å². The number of aryl methyl sites for hydroxylation is 1. The Hall–Kier alpha value is -2.91. The highest BCUT2D eigenvalue weighted by molar-refractivity contribution is 7.80. The number of rotatable bonds is 6. The molecule has 6 nitrogen and oxygen atoms in total. The quantitative estimate of drug-likeness (QED) is 0.198. The zero-order chi connectivity index (χ0) is 25.1. The third kappa shape index (κ3) is 5.51. The lowest BCUT2D eigenvalue weighted by Gasteiger charge is -2.12. The summed E-state index contributed by atoms with van der Waals surface area (Å²) in [6.07, 6.45) is 0. The number of nitrogens with zero attached hydrogens (tertiary/aromatic N) is 2. The van der Waals surface area contributed by atoms with E-state index < -0.39 is 5.97 Å². The molecule has 10 heteroatoms. The minimum atomic E-state index is -0.439. The number of anilines is 2. The Morgan fingerprint density at radius 2 is 1.77 bits per heavy atom. The first-order chi connectivity index (χ1) is 16.8. The summed E-state index contributed by atoms with van der Waals surface area (Å²) in [6, 6.07) is 17.0. The summed E-state index contributed by atoms with van der Waals surface area (Å²) in [5.74, 6) is -0.439. The van der Waals surface area contributed by atoms with Gasteiger partial charge in [-0.15, -0.1) is 11.3 Å². The van der Waals surface area contributed by atoms with Gasteiger partial charge in [0.05, 0.1) is 36.3 Å². The largest absolute Gasteiger partial charge is 0.465 e. The minimum Gasteiger partial charge on any atom is -0.465 e. The number of carbonyl (C=O) groups is 1. The Morgan fingerprint density at radius 1 is 1.09 bits per heavy atom. The van der Waals surface area contributed by atoms with Gasteiger partial charge in [0.2, 0.25) is 0 Å². The number of aromatic nitrogens is 2. The van der Waals surface area contributed by atoms with Crippen molar-refractivity contribution in [2.24, 2.45) is 0 Å². The van der Waals surface area contributed by atoms with Gasteiger partial charge in [0.25, 0.3) is 0 Å². The topological polar surface area (TPSA) is 68.2 Å². The number of methoxy groups -OCH3 is 1. The minimum absolute atomic E-state index is 0.332. The van der Waals surface area contributed by atoms with E-state index in [4.69, 9.17) is 40.2 Å². The van der Waals surface area contributed by atoms with Crippen LogP contribution < -0.4 is 10.6 Å². The second kappa shape index (κ2) is 10.8. The normalized spacial score (nSPS) is 10.8. The van der Waals surface area contributed by atoms with Crippen molar-refractivity contribution in [3.8, 4) is 10.4 Å². The van der Waals surface area contributed by atoms with Gasteiger partial charge in [0.15, 0.2) is 5.11 Å². The molecule has 0 bridgehead atoms.